The summed E-state index contributed by atoms with van der Waals surface area (Å²) in [4.78, 5) is 16.3. The van der Waals surface area contributed by atoms with Gasteiger partial charge in [0.05, 0.1) is 17.6 Å². The topological polar surface area (TPSA) is 82.7 Å². The fourth-order valence-electron chi connectivity index (χ4n) is 2.53. The Bertz CT molecular complexity index is 672. The van der Waals surface area contributed by atoms with Crippen molar-refractivity contribution in [2.24, 2.45) is 0 Å². The lowest BCUT2D eigenvalue weighted by molar-refractivity contribution is 0.262. The van der Waals surface area contributed by atoms with Crippen molar-refractivity contribution >= 4 is 17.5 Å². The summed E-state index contributed by atoms with van der Waals surface area (Å²) in [6, 6.07) is 3.69. The van der Waals surface area contributed by atoms with Crippen molar-refractivity contribution in [1.29, 1.82) is 0 Å². The molecule has 6 heteroatoms. The maximum absolute atomic E-state index is 12.1. The third kappa shape index (κ3) is 2.74. The first-order valence-electron chi connectivity index (χ1n) is 7.37. The number of amides is 2. The Morgan fingerprint density at radius 2 is 2.00 bits per heavy atom. The highest BCUT2D eigenvalue weighted by Crippen LogP contribution is 2.42. The molecule has 2 amide bonds. The fourth-order valence-corrected chi connectivity index (χ4v) is 2.53. The van der Waals surface area contributed by atoms with E-state index in [1.165, 1.54) is 18.4 Å². The summed E-state index contributed by atoms with van der Waals surface area (Å²) in [6.45, 7) is 0. The molecule has 2 aromatic heterocycles. The largest absolute Gasteiger partial charge is 0.324 e. The van der Waals surface area contributed by atoms with Crippen molar-refractivity contribution in [2.45, 2.75) is 37.5 Å². The van der Waals surface area contributed by atoms with E-state index in [2.05, 4.69) is 25.8 Å². The van der Waals surface area contributed by atoms with E-state index in [-0.39, 0.29) is 6.03 Å². The highest BCUT2D eigenvalue weighted by molar-refractivity contribution is 5.99. The summed E-state index contributed by atoms with van der Waals surface area (Å²) in [7, 11) is 0. The van der Waals surface area contributed by atoms with Crippen LogP contribution in [0.1, 0.15) is 48.8 Å². The van der Waals surface area contributed by atoms with E-state index < -0.39 is 0 Å². The minimum Gasteiger partial charge on any atom is -0.305 e. The number of nitrogens with zero attached hydrogens (tertiary/aromatic N) is 2. The van der Waals surface area contributed by atoms with Crippen LogP contribution in [0.5, 0.6) is 0 Å². The second-order valence-corrected chi connectivity index (χ2v) is 5.80. The van der Waals surface area contributed by atoms with Crippen LogP contribution in [0.25, 0.3) is 0 Å². The maximum atomic E-state index is 12.1. The third-order valence-corrected chi connectivity index (χ3v) is 3.98. The lowest BCUT2D eigenvalue weighted by atomic mass is 10.2. The van der Waals surface area contributed by atoms with E-state index in [1.54, 1.807) is 12.4 Å². The van der Waals surface area contributed by atoms with Crippen LogP contribution in [-0.4, -0.2) is 21.2 Å². The molecule has 108 valence electrons. The summed E-state index contributed by atoms with van der Waals surface area (Å²) in [5, 5.41) is 12.6. The number of hydrogen-bond donors (Lipinski definition) is 3. The number of rotatable bonds is 4. The van der Waals surface area contributed by atoms with Crippen molar-refractivity contribution in [2.75, 3.05) is 10.6 Å². The second-order valence-electron chi connectivity index (χ2n) is 5.80. The van der Waals surface area contributed by atoms with Crippen LogP contribution in [0, 0.1) is 0 Å². The molecule has 0 aromatic carbocycles. The molecule has 0 radical (unpaired) electrons. The first-order chi connectivity index (χ1) is 10.3. The molecule has 0 saturated heterocycles. The van der Waals surface area contributed by atoms with Crippen molar-refractivity contribution in [3.05, 3.63) is 35.8 Å². The maximum Gasteiger partial charge on any atom is 0.324 e. The number of carbonyl (C=O) groups excluding carboxylic acids is 1. The molecule has 2 heterocycles. The number of aromatic amines is 1. The second kappa shape index (κ2) is 4.87. The molecule has 6 nitrogen and oxygen atoms in total. The highest BCUT2D eigenvalue weighted by atomic mass is 16.2. The number of hydrogen-bond acceptors (Lipinski definition) is 3. The van der Waals surface area contributed by atoms with Crippen LogP contribution in [0.15, 0.2) is 24.5 Å². The quantitative estimate of drug-likeness (QED) is 0.805. The predicted molar refractivity (Wildman–Crippen MR) is 79.4 cm³/mol. The zero-order chi connectivity index (χ0) is 14.2. The molecule has 0 aliphatic heterocycles. The van der Waals surface area contributed by atoms with Gasteiger partial charge in [0.1, 0.15) is 5.82 Å². The molecule has 2 aromatic rings. The summed E-state index contributed by atoms with van der Waals surface area (Å²) in [5.74, 6) is 1.75. The van der Waals surface area contributed by atoms with E-state index in [1.807, 2.05) is 12.1 Å². The molecule has 0 bridgehead atoms. The lowest BCUT2D eigenvalue weighted by Gasteiger charge is -2.08. The standard InChI is InChI=1S/C15H17N5O/c21-15(18-12-8-17-20-14(12)10-3-4-10)19-13-7-11(5-6-16-13)9-1-2-9/h5-10H,1-4H2,(H,17,20)(H2,16,18,19,21). The molecule has 2 aliphatic rings. The first-order valence-corrected chi connectivity index (χ1v) is 7.37. The highest BCUT2D eigenvalue weighted by Gasteiger charge is 2.28. The Morgan fingerprint density at radius 1 is 1.19 bits per heavy atom. The summed E-state index contributed by atoms with van der Waals surface area (Å²) >= 11 is 0. The van der Waals surface area contributed by atoms with Crippen molar-refractivity contribution < 1.29 is 4.79 Å². The number of nitrogens with one attached hydrogen (secondary N) is 3. The molecule has 2 saturated carbocycles. The van der Waals surface area contributed by atoms with Gasteiger partial charge in [0.15, 0.2) is 0 Å². The normalized spacial score (nSPS) is 17.5. The van der Waals surface area contributed by atoms with E-state index in [0.717, 1.165) is 24.2 Å². The summed E-state index contributed by atoms with van der Waals surface area (Å²) in [6.07, 6.45) is 8.18. The van der Waals surface area contributed by atoms with Gasteiger partial charge in [0, 0.05) is 12.1 Å². The molecule has 0 atom stereocenters. The average molecular weight is 283 g/mol. The van der Waals surface area contributed by atoms with Crippen LogP contribution in [-0.2, 0) is 0 Å². The summed E-state index contributed by atoms with van der Waals surface area (Å²) in [5.41, 5.74) is 3.03. The molecule has 3 N–H and O–H groups in total. The van der Waals surface area contributed by atoms with Crippen LogP contribution in [0.3, 0.4) is 0 Å². The average Bonchev–Trinajstić information content (AvgIpc) is 3.39. The molecule has 0 unspecified atom stereocenters. The third-order valence-electron chi connectivity index (χ3n) is 3.98. The van der Waals surface area contributed by atoms with Crippen LogP contribution >= 0.6 is 0 Å². The van der Waals surface area contributed by atoms with Crippen molar-refractivity contribution in [1.82, 2.24) is 15.2 Å². The van der Waals surface area contributed by atoms with Gasteiger partial charge in [-0.15, -0.1) is 0 Å². The van der Waals surface area contributed by atoms with Crippen molar-refractivity contribution in [3.63, 3.8) is 0 Å². The van der Waals surface area contributed by atoms with Gasteiger partial charge >= 0.3 is 6.03 Å². The minimum atomic E-state index is -0.279. The van der Waals surface area contributed by atoms with Crippen molar-refractivity contribution in [3.8, 4) is 0 Å². The molecular formula is C15H17N5O. The van der Waals surface area contributed by atoms with Gasteiger partial charge in [0.2, 0.25) is 0 Å². The van der Waals surface area contributed by atoms with E-state index in [9.17, 15) is 4.79 Å². The number of H-pyrrole nitrogens is 1. The monoisotopic (exact) mass is 283 g/mol. The predicted octanol–water partition coefficient (Wildman–Crippen LogP) is 3.20. The Labute approximate surface area is 122 Å². The van der Waals surface area contributed by atoms with E-state index in [0.29, 0.717) is 17.7 Å². The van der Waals surface area contributed by atoms with Gasteiger partial charge in [0.25, 0.3) is 0 Å². The van der Waals surface area contributed by atoms with Gasteiger partial charge in [-0.05, 0) is 49.3 Å². The number of aromatic nitrogens is 3. The SMILES string of the molecule is O=C(Nc1cc(C2CC2)ccn1)Nc1cn[nH]c1C1CC1. The molecule has 4 rings (SSSR count). The van der Waals surface area contributed by atoms with Gasteiger partial charge < -0.3 is 5.32 Å². The van der Waals surface area contributed by atoms with E-state index >= 15 is 0 Å². The molecule has 0 spiro atoms. The first kappa shape index (κ1) is 12.4. The Kier molecular flexibility index (Phi) is 2.87. The zero-order valence-corrected chi connectivity index (χ0v) is 11.6. The van der Waals surface area contributed by atoms with Crippen LogP contribution < -0.4 is 10.6 Å². The zero-order valence-electron chi connectivity index (χ0n) is 11.6. The van der Waals surface area contributed by atoms with Gasteiger partial charge in [-0.2, -0.15) is 5.10 Å². The van der Waals surface area contributed by atoms with Crippen LogP contribution in [0.4, 0.5) is 16.3 Å². The Balaban J connectivity index is 1.43. The van der Waals surface area contributed by atoms with Gasteiger partial charge in [-0.3, -0.25) is 10.4 Å². The molecule has 21 heavy (non-hydrogen) atoms. The Hall–Kier alpha value is -2.37. The minimum absolute atomic E-state index is 0.279. The summed E-state index contributed by atoms with van der Waals surface area (Å²) < 4.78 is 0. The number of pyridine rings is 1. The number of urea groups is 1. The van der Waals surface area contributed by atoms with Crippen LogP contribution in [0.2, 0.25) is 0 Å². The number of carbonyl (C=O) groups is 1. The molecular weight excluding hydrogens is 266 g/mol. The number of anilines is 2. The molecule has 2 aliphatic carbocycles. The lowest BCUT2D eigenvalue weighted by Crippen LogP contribution is -2.20. The van der Waals surface area contributed by atoms with Gasteiger partial charge in [-0.25, -0.2) is 9.78 Å². The smallest absolute Gasteiger partial charge is 0.305 e. The van der Waals surface area contributed by atoms with E-state index in [4.69, 9.17) is 0 Å². The van der Waals surface area contributed by atoms with Gasteiger partial charge in [-0.1, -0.05) is 0 Å². The Morgan fingerprint density at radius 3 is 2.76 bits per heavy atom. The fraction of sp³-hybridized carbons (Fsp3) is 0.400. The molecule has 2 fully saturated rings.